The van der Waals surface area contributed by atoms with Gasteiger partial charge < -0.3 is 10.3 Å². The smallest absolute Gasteiger partial charge is 0.254 e. The molecule has 1 aliphatic heterocycles. The minimum absolute atomic E-state index is 0.116. The molecule has 0 bridgehead atoms. The van der Waals surface area contributed by atoms with Crippen LogP contribution in [0.25, 0.3) is 28.2 Å². The number of hydrogen-bond donors (Lipinski definition) is 2. The molecule has 2 N–H and O–H groups in total. The number of rotatable bonds is 5. The first-order valence-corrected chi connectivity index (χ1v) is 11.3. The largest absolute Gasteiger partial charge is 0.373 e. The summed E-state index contributed by atoms with van der Waals surface area (Å²) in [5.41, 5.74) is 4.89. The maximum atomic E-state index is 13.3. The van der Waals surface area contributed by atoms with Gasteiger partial charge in [-0.05, 0) is 48.0 Å². The lowest BCUT2D eigenvalue weighted by molar-refractivity contribution is 0.568. The quantitative estimate of drug-likeness (QED) is 0.404. The average molecular weight is 467 g/mol. The summed E-state index contributed by atoms with van der Waals surface area (Å²) < 4.78 is 3.31. The topological polar surface area (TPSA) is 132 Å². The lowest BCUT2D eigenvalue weighted by atomic mass is 10.1. The standard InChI is InChI=1S/C24H22N10O/c1-14-3-5-19(33-13-28-31-32-33)16(9-14)17-10-23(35)34-20(6-8-22(34)29-17)24-27-12-18(30-24)15-4-7-21(25-2)26-11-15/h3-5,7,9-13,20H,6,8H2,1-2H3,(H,25,26)(H,27,30)/t20-/m0/s1. The van der Waals surface area contributed by atoms with Gasteiger partial charge in [0, 0.05) is 36.9 Å². The van der Waals surface area contributed by atoms with Crippen molar-refractivity contribution in [3.8, 4) is 28.2 Å². The van der Waals surface area contributed by atoms with Crippen LogP contribution in [0.1, 0.15) is 29.7 Å². The van der Waals surface area contributed by atoms with Crippen LogP contribution < -0.4 is 10.9 Å². The number of aryl methyl sites for hydroxylation is 2. The molecule has 11 heteroatoms. The second-order valence-electron chi connectivity index (χ2n) is 8.46. The molecule has 0 spiro atoms. The number of nitrogens with zero attached hydrogens (tertiary/aromatic N) is 8. The summed E-state index contributed by atoms with van der Waals surface area (Å²) in [6.45, 7) is 2.00. The van der Waals surface area contributed by atoms with Gasteiger partial charge in [0.25, 0.3) is 5.56 Å². The molecule has 0 unspecified atom stereocenters. The second-order valence-corrected chi connectivity index (χ2v) is 8.46. The number of hydrogen-bond acceptors (Lipinski definition) is 8. The first kappa shape index (κ1) is 20.9. The molecule has 0 radical (unpaired) electrons. The van der Waals surface area contributed by atoms with E-state index in [2.05, 4.69) is 35.8 Å². The van der Waals surface area contributed by atoms with Gasteiger partial charge in [0.15, 0.2) is 0 Å². The maximum absolute atomic E-state index is 13.3. The minimum atomic E-state index is -0.200. The van der Waals surface area contributed by atoms with Gasteiger partial charge in [0.1, 0.15) is 23.8 Å². The molecule has 1 atom stereocenters. The third kappa shape index (κ3) is 3.66. The Morgan fingerprint density at radius 1 is 1.11 bits per heavy atom. The van der Waals surface area contributed by atoms with Crippen molar-refractivity contribution < 1.29 is 0 Å². The average Bonchev–Trinajstić information content (AvgIpc) is 3.65. The number of nitrogens with one attached hydrogen (secondary N) is 2. The highest BCUT2D eigenvalue weighted by Gasteiger charge is 2.29. The van der Waals surface area contributed by atoms with E-state index in [1.54, 1.807) is 27.7 Å². The molecule has 6 rings (SSSR count). The van der Waals surface area contributed by atoms with E-state index in [0.717, 1.165) is 52.0 Å². The van der Waals surface area contributed by atoms with Crippen LogP contribution in [0.2, 0.25) is 0 Å². The Bertz CT molecular complexity index is 1570. The van der Waals surface area contributed by atoms with Crippen molar-refractivity contribution >= 4 is 5.82 Å². The fourth-order valence-corrected chi connectivity index (χ4v) is 4.52. The zero-order chi connectivity index (χ0) is 23.9. The predicted molar refractivity (Wildman–Crippen MR) is 129 cm³/mol. The molecule has 1 aromatic carbocycles. The number of pyridine rings is 1. The third-order valence-corrected chi connectivity index (χ3v) is 6.24. The van der Waals surface area contributed by atoms with Gasteiger partial charge in [0.05, 0.1) is 29.3 Å². The number of anilines is 1. The number of benzene rings is 1. The van der Waals surface area contributed by atoms with Gasteiger partial charge in [0.2, 0.25) is 0 Å². The van der Waals surface area contributed by atoms with Crippen LogP contribution in [0.3, 0.4) is 0 Å². The lowest BCUT2D eigenvalue weighted by Crippen LogP contribution is -2.25. The van der Waals surface area contributed by atoms with Crippen LogP contribution in [-0.4, -0.2) is 51.8 Å². The van der Waals surface area contributed by atoms with Crippen LogP contribution in [0, 0.1) is 6.92 Å². The zero-order valence-corrected chi connectivity index (χ0v) is 19.2. The number of tetrazole rings is 1. The Balaban J connectivity index is 1.37. The van der Waals surface area contributed by atoms with Crippen molar-refractivity contribution in [3.63, 3.8) is 0 Å². The molecule has 174 valence electrons. The van der Waals surface area contributed by atoms with Crippen molar-refractivity contribution in [2.75, 3.05) is 12.4 Å². The number of H-pyrrole nitrogens is 1. The van der Waals surface area contributed by atoms with E-state index < -0.39 is 0 Å². The summed E-state index contributed by atoms with van der Waals surface area (Å²) in [6.07, 6.45) is 6.51. The van der Waals surface area contributed by atoms with Gasteiger partial charge in [-0.15, -0.1) is 5.10 Å². The van der Waals surface area contributed by atoms with E-state index in [-0.39, 0.29) is 11.6 Å². The van der Waals surface area contributed by atoms with E-state index >= 15 is 0 Å². The molecular weight excluding hydrogens is 444 g/mol. The predicted octanol–water partition coefficient (Wildman–Crippen LogP) is 2.56. The van der Waals surface area contributed by atoms with E-state index in [9.17, 15) is 4.79 Å². The summed E-state index contributed by atoms with van der Waals surface area (Å²) in [7, 11) is 1.83. The molecule has 0 aliphatic carbocycles. The number of fused-ring (bicyclic) bond motifs is 1. The van der Waals surface area contributed by atoms with Crippen LogP contribution in [0.15, 0.2) is 59.9 Å². The molecule has 4 aromatic heterocycles. The van der Waals surface area contributed by atoms with Crippen molar-refractivity contribution in [2.24, 2.45) is 0 Å². The fraction of sp³-hybridized carbons (Fsp3) is 0.208. The highest BCUT2D eigenvalue weighted by Crippen LogP contribution is 2.32. The van der Waals surface area contributed by atoms with E-state index in [1.165, 1.54) is 6.33 Å². The van der Waals surface area contributed by atoms with Crippen molar-refractivity contribution in [2.45, 2.75) is 25.8 Å². The number of imidazole rings is 1. The van der Waals surface area contributed by atoms with Crippen LogP contribution >= 0.6 is 0 Å². The highest BCUT2D eigenvalue weighted by molar-refractivity contribution is 5.70. The van der Waals surface area contributed by atoms with Crippen molar-refractivity contribution in [3.05, 3.63) is 82.7 Å². The molecular formula is C24H22N10O. The minimum Gasteiger partial charge on any atom is -0.373 e. The molecule has 0 fully saturated rings. The number of aromatic nitrogens is 9. The SMILES string of the molecule is CNc1ccc(-c2cnc([C@@H]3CCc4nc(-c5cc(C)ccc5-n5cnnn5)cc(=O)n43)[nH]2)cn1. The Morgan fingerprint density at radius 3 is 2.80 bits per heavy atom. The maximum Gasteiger partial charge on any atom is 0.254 e. The molecule has 5 aromatic rings. The molecule has 35 heavy (non-hydrogen) atoms. The van der Waals surface area contributed by atoms with Crippen LogP contribution in [-0.2, 0) is 6.42 Å². The number of aromatic amines is 1. The van der Waals surface area contributed by atoms with Gasteiger partial charge in [-0.25, -0.2) is 15.0 Å². The molecule has 5 heterocycles. The first-order valence-electron chi connectivity index (χ1n) is 11.3. The van der Waals surface area contributed by atoms with Crippen LogP contribution in [0.4, 0.5) is 5.82 Å². The van der Waals surface area contributed by atoms with Crippen molar-refractivity contribution in [1.29, 1.82) is 0 Å². The monoisotopic (exact) mass is 466 g/mol. The van der Waals surface area contributed by atoms with E-state index in [1.807, 2.05) is 44.3 Å². The molecule has 0 amide bonds. The summed E-state index contributed by atoms with van der Waals surface area (Å²) >= 11 is 0. The summed E-state index contributed by atoms with van der Waals surface area (Å²) in [5.74, 6) is 2.26. The molecule has 0 saturated carbocycles. The van der Waals surface area contributed by atoms with Gasteiger partial charge in [-0.3, -0.25) is 9.36 Å². The Morgan fingerprint density at radius 2 is 2.03 bits per heavy atom. The van der Waals surface area contributed by atoms with Crippen LogP contribution in [0.5, 0.6) is 0 Å². The molecule has 1 aliphatic rings. The highest BCUT2D eigenvalue weighted by atomic mass is 16.1. The zero-order valence-electron chi connectivity index (χ0n) is 19.2. The molecule has 0 saturated heterocycles. The van der Waals surface area contributed by atoms with Gasteiger partial charge >= 0.3 is 0 Å². The summed E-state index contributed by atoms with van der Waals surface area (Å²) in [5, 5.41) is 14.5. The third-order valence-electron chi connectivity index (χ3n) is 6.24. The summed E-state index contributed by atoms with van der Waals surface area (Å²) in [4.78, 5) is 30.5. The Kier molecular flexibility index (Phi) is 4.94. The first-order chi connectivity index (χ1) is 17.1. The fourth-order valence-electron chi connectivity index (χ4n) is 4.52. The lowest BCUT2D eigenvalue weighted by Gasteiger charge is -2.14. The summed E-state index contributed by atoms with van der Waals surface area (Å²) in [6, 6.07) is 11.2. The van der Waals surface area contributed by atoms with E-state index in [4.69, 9.17) is 4.98 Å². The molecule has 11 nitrogen and oxygen atoms in total. The van der Waals surface area contributed by atoms with Crippen molar-refractivity contribution in [1.82, 2.24) is 44.7 Å². The second kappa shape index (κ2) is 8.28. The Hall–Kier alpha value is -4.67. The van der Waals surface area contributed by atoms with Gasteiger partial charge in [-0.1, -0.05) is 11.6 Å². The van der Waals surface area contributed by atoms with E-state index in [0.29, 0.717) is 12.1 Å². The van der Waals surface area contributed by atoms with Gasteiger partial charge in [-0.2, -0.15) is 4.68 Å². The normalized spacial score (nSPS) is 14.7. The Labute approximate surface area is 199 Å².